The van der Waals surface area contributed by atoms with E-state index in [9.17, 15) is 0 Å². The maximum absolute atomic E-state index is 8.65. The zero-order chi connectivity index (χ0) is 16.8. The van der Waals surface area contributed by atoms with Gasteiger partial charge in [-0.1, -0.05) is 79.8 Å². The fourth-order valence-corrected chi connectivity index (χ4v) is 1.89. The minimum atomic E-state index is 0.297. The van der Waals surface area contributed by atoms with Crippen LogP contribution in [-0.4, -0.2) is 11.7 Å². The summed E-state index contributed by atoms with van der Waals surface area (Å²) in [6.45, 7) is 2.46. The van der Waals surface area contributed by atoms with Gasteiger partial charge in [-0.3, -0.25) is 0 Å². The van der Waals surface area contributed by atoms with Crippen LogP contribution >= 0.6 is 0 Å². The van der Waals surface area contributed by atoms with Crippen LogP contribution in [0.4, 0.5) is 0 Å². The van der Waals surface area contributed by atoms with Crippen LogP contribution in [0.5, 0.6) is 0 Å². The smallest absolute Gasteiger partial charge is 0.0431 e. The van der Waals surface area contributed by atoms with Crippen LogP contribution in [-0.2, 0) is 0 Å². The Labute approximate surface area is 143 Å². The molecule has 0 aromatic rings. The first-order valence-electron chi connectivity index (χ1n) is 8.97. The molecule has 128 valence electrons. The third-order valence-electron chi connectivity index (χ3n) is 3.19. The molecule has 0 aromatic carbocycles. The molecule has 1 nitrogen and oxygen atoms in total. The monoisotopic (exact) mass is 314 g/mol. The SMILES string of the molecule is CC/C=C/C/C=C/CCC/C=C/C=C/C=C/C=C/CCCCO. The maximum atomic E-state index is 8.65. The fraction of sp³-hybridized carbons (Fsp3) is 0.455. The number of hydrogen-bond acceptors (Lipinski definition) is 1. The molecule has 0 saturated carbocycles. The Morgan fingerprint density at radius 2 is 1.13 bits per heavy atom. The van der Waals surface area contributed by atoms with Crippen molar-refractivity contribution in [1.29, 1.82) is 0 Å². The molecule has 0 rings (SSSR count). The molecule has 0 aliphatic rings. The van der Waals surface area contributed by atoms with E-state index in [1.165, 1.54) is 6.42 Å². The van der Waals surface area contributed by atoms with Crippen LogP contribution in [0.1, 0.15) is 58.3 Å². The highest BCUT2D eigenvalue weighted by Gasteiger charge is 1.81. The second-order valence-electron chi connectivity index (χ2n) is 5.36. The van der Waals surface area contributed by atoms with E-state index >= 15 is 0 Å². The molecule has 0 bridgehead atoms. The molecule has 0 spiro atoms. The summed E-state index contributed by atoms with van der Waals surface area (Å²) in [6, 6.07) is 0. The van der Waals surface area contributed by atoms with Gasteiger partial charge in [-0.25, -0.2) is 0 Å². The van der Waals surface area contributed by atoms with Crippen molar-refractivity contribution in [1.82, 2.24) is 0 Å². The van der Waals surface area contributed by atoms with Crippen molar-refractivity contribution >= 4 is 0 Å². The number of rotatable bonds is 14. The Kier molecular flexibility index (Phi) is 19.0. The summed E-state index contributed by atoms with van der Waals surface area (Å²) < 4.78 is 0. The minimum Gasteiger partial charge on any atom is -0.396 e. The highest BCUT2D eigenvalue weighted by molar-refractivity contribution is 5.15. The second kappa shape index (κ2) is 20.4. The average molecular weight is 315 g/mol. The summed E-state index contributed by atoms with van der Waals surface area (Å²) in [5.74, 6) is 0. The minimum absolute atomic E-state index is 0.297. The number of allylic oxidation sites excluding steroid dienone is 12. The zero-order valence-corrected chi connectivity index (χ0v) is 14.7. The van der Waals surface area contributed by atoms with Crippen molar-refractivity contribution < 1.29 is 5.11 Å². The molecule has 0 saturated heterocycles. The highest BCUT2D eigenvalue weighted by Crippen LogP contribution is 2.00. The summed E-state index contributed by atoms with van der Waals surface area (Å²) in [4.78, 5) is 0. The van der Waals surface area contributed by atoms with E-state index in [1.54, 1.807) is 0 Å². The van der Waals surface area contributed by atoms with Gasteiger partial charge in [0.1, 0.15) is 0 Å². The quantitative estimate of drug-likeness (QED) is 0.222. The maximum Gasteiger partial charge on any atom is 0.0431 e. The van der Waals surface area contributed by atoms with Gasteiger partial charge in [0.2, 0.25) is 0 Å². The van der Waals surface area contributed by atoms with Crippen LogP contribution in [0.2, 0.25) is 0 Å². The molecule has 0 fully saturated rings. The molecular weight excluding hydrogens is 280 g/mol. The summed E-state index contributed by atoms with van der Waals surface area (Å²) >= 11 is 0. The Bertz CT molecular complexity index is 394. The molecule has 0 heterocycles. The number of aliphatic hydroxyl groups is 1. The van der Waals surface area contributed by atoms with E-state index in [2.05, 4.69) is 67.7 Å². The summed E-state index contributed by atoms with van der Waals surface area (Å²) in [7, 11) is 0. The van der Waals surface area contributed by atoms with Crippen molar-refractivity contribution in [2.24, 2.45) is 0 Å². The van der Waals surface area contributed by atoms with Gasteiger partial charge in [0.15, 0.2) is 0 Å². The fourth-order valence-electron chi connectivity index (χ4n) is 1.89. The number of aliphatic hydroxyl groups excluding tert-OH is 1. The van der Waals surface area contributed by atoms with E-state index in [-0.39, 0.29) is 0 Å². The zero-order valence-electron chi connectivity index (χ0n) is 14.7. The van der Waals surface area contributed by atoms with Crippen molar-refractivity contribution in [3.8, 4) is 0 Å². The third kappa shape index (κ3) is 20.4. The van der Waals surface area contributed by atoms with Crippen molar-refractivity contribution in [2.45, 2.75) is 58.3 Å². The van der Waals surface area contributed by atoms with E-state index in [4.69, 9.17) is 5.11 Å². The van der Waals surface area contributed by atoms with Crippen LogP contribution in [0.25, 0.3) is 0 Å². The van der Waals surface area contributed by atoms with Crippen molar-refractivity contribution in [3.63, 3.8) is 0 Å². The number of hydrogen-bond donors (Lipinski definition) is 1. The number of unbranched alkanes of at least 4 members (excludes halogenated alkanes) is 4. The molecule has 0 radical (unpaired) electrons. The average Bonchev–Trinajstić information content (AvgIpc) is 2.57. The molecule has 0 aliphatic carbocycles. The summed E-state index contributed by atoms with van der Waals surface area (Å²) in [5, 5.41) is 8.65. The van der Waals surface area contributed by atoms with Crippen LogP contribution in [0.3, 0.4) is 0 Å². The first-order chi connectivity index (χ1) is 11.4. The van der Waals surface area contributed by atoms with Crippen molar-refractivity contribution in [2.75, 3.05) is 6.61 Å². The first-order valence-corrected chi connectivity index (χ1v) is 8.97. The molecule has 1 heteroatoms. The predicted octanol–water partition coefficient (Wildman–Crippen LogP) is 6.46. The molecule has 0 aliphatic heterocycles. The Morgan fingerprint density at radius 3 is 1.78 bits per heavy atom. The highest BCUT2D eigenvalue weighted by atomic mass is 16.2. The molecule has 0 unspecified atom stereocenters. The lowest BCUT2D eigenvalue weighted by Gasteiger charge is -1.89. The van der Waals surface area contributed by atoms with Gasteiger partial charge in [0.05, 0.1) is 0 Å². The van der Waals surface area contributed by atoms with Gasteiger partial charge < -0.3 is 5.11 Å². The topological polar surface area (TPSA) is 20.2 Å². The molecule has 0 aromatic heterocycles. The lowest BCUT2D eigenvalue weighted by molar-refractivity contribution is 0.285. The van der Waals surface area contributed by atoms with E-state index in [0.29, 0.717) is 6.61 Å². The lowest BCUT2D eigenvalue weighted by Crippen LogP contribution is -1.79. The molecule has 23 heavy (non-hydrogen) atoms. The molecular formula is C22H34O. The Morgan fingerprint density at radius 1 is 0.565 bits per heavy atom. The van der Waals surface area contributed by atoms with Crippen LogP contribution < -0.4 is 0 Å². The van der Waals surface area contributed by atoms with Gasteiger partial charge in [-0.2, -0.15) is 0 Å². The van der Waals surface area contributed by atoms with Crippen LogP contribution in [0, 0.1) is 0 Å². The van der Waals surface area contributed by atoms with Crippen LogP contribution in [0.15, 0.2) is 72.9 Å². The van der Waals surface area contributed by atoms with E-state index in [0.717, 1.165) is 44.9 Å². The standard InChI is InChI=1S/C22H34O/c1-2-3-4-5-6-7-8-9-10-11-12-13-14-15-16-17-18-19-20-21-22-23/h3-4,6-7,11-18,23H,2,5,8-10,19-22H2,1H3/b4-3+,7-6+,12-11+,14-13+,16-15+,18-17+. The lowest BCUT2D eigenvalue weighted by atomic mass is 10.2. The molecule has 0 atom stereocenters. The van der Waals surface area contributed by atoms with Crippen molar-refractivity contribution in [3.05, 3.63) is 72.9 Å². The van der Waals surface area contributed by atoms with E-state index < -0.39 is 0 Å². The Hall–Kier alpha value is -1.60. The molecule has 1 N–H and O–H groups in total. The summed E-state index contributed by atoms with van der Waals surface area (Å²) in [6.07, 6.45) is 34.4. The second-order valence-corrected chi connectivity index (χ2v) is 5.36. The first kappa shape index (κ1) is 21.4. The Balaban J connectivity index is 3.49. The molecule has 0 amide bonds. The third-order valence-corrected chi connectivity index (χ3v) is 3.19. The summed E-state index contributed by atoms with van der Waals surface area (Å²) in [5.41, 5.74) is 0. The van der Waals surface area contributed by atoms with E-state index in [1.807, 2.05) is 12.2 Å². The van der Waals surface area contributed by atoms with Gasteiger partial charge in [-0.15, -0.1) is 0 Å². The van der Waals surface area contributed by atoms with Gasteiger partial charge >= 0.3 is 0 Å². The van der Waals surface area contributed by atoms with Gasteiger partial charge in [0.25, 0.3) is 0 Å². The largest absolute Gasteiger partial charge is 0.396 e. The van der Waals surface area contributed by atoms with Gasteiger partial charge in [-0.05, 0) is 51.4 Å². The predicted molar refractivity (Wildman–Crippen MR) is 105 cm³/mol. The van der Waals surface area contributed by atoms with Gasteiger partial charge in [0, 0.05) is 6.61 Å². The normalized spacial score (nSPS) is 13.3.